The second kappa shape index (κ2) is 6.02. The van der Waals surface area contributed by atoms with E-state index in [1.165, 1.54) is 17.0 Å². The van der Waals surface area contributed by atoms with Crippen molar-refractivity contribution in [3.8, 4) is 12.3 Å². The molecule has 0 fully saturated rings. The molecular formula is C13H15FN2O. The number of benzene rings is 1. The van der Waals surface area contributed by atoms with Gasteiger partial charge in [0, 0.05) is 20.0 Å². The molecule has 3 nitrogen and oxygen atoms in total. The van der Waals surface area contributed by atoms with Gasteiger partial charge in [-0.05, 0) is 17.7 Å². The van der Waals surface area contributed by atoms with Gasteiger partial charge < -0.3 is 10.6 Å². The number of halogens is 1. The summed E-state index contributed by atoms with van der Waals surface area (Å²) in [7, 11) is 1.61. The largest absolute Gasteiger partial charge is 0.340 e. The summed E-state index contributed by atoms with van der Waals surface area (Å²) in [6.07, 6.45) is 5.29. The van der Waals surface area contributed by atoms with Crippen LogP contribution in [0, 0.1) is 18.2 Å². The molecule has 4 heteroatoms. The van der Waals surface area contributed by atoms with Gasteiger partial charge in [-0.25, -0.2) is 4.39 Å². The summed E-state index contributed by atoms with van der Waals surface area (Å²) in [5.41, 5.74) is 6.32. The smallest absolute Gasteiger partial charge is 0.240 e. The van der Waals surface area contributed by atoms with Crippen molar-refractivity contribution in [3.05, 3.63) is 35.6 Å². The molecule has 0 radical (unpaired) electrons. The summed E-state index contributed by atoms with van der Waals surface area (Å²) in [5.74, 6) is 1.78. The van der Waals surface area contributed by atoms with Gasteiger partial charge in [0.15, 0.2) is 0 Å². The van der Waals surface area contributed by atoms with Gasteiger partial charge in [0.2, 0.25) is 5.91 Å². The lowest BCUT2D eigenvalue weighted by Crippen LogP contribution is -2.41. The third kappa shape index (κ3) is 3.89. The Labute approximate surface area is 100 Å². The average Bonchev–Trinajstić information content (AvgIpc) is 2.28. The van der Waals surface area contributed by atoms with E-state index in [2.05, 4.69) is 5.92 Å². The van der Waals surface area contributed by atoms with Crippen LogP contribution in [0.3, 0.4) is 0 Å². The molecule has 0 saturated carbocycles. The lowest BCUT2D eigenvalue weighted by atomic mass is 10.1. The fourth-order valence-corrected chi connectivity index (χ4v) is 1.48. The van der Waals surface area contributed by atoms with Crippen LogP contribution < -0.4 is 5.73 Å². The highest BCUT2D eigenvalue weighted by atomic mass is 19.1. The van der Waals surface area contributed by atoms with E-state index in [0.29, 0.717) is 12.1 Å². The van der Waals surface area contributed by atoms with Gasteiger partial charge in [-0.1, -0.05) is 12.1 Å². The molecule has 1 aromatic carbocycles. The first-order valence-corrected chi connectivity index (χ1v) is 5.23. The van der Waals surface area contributed by atoms with Crippen molar-refractivity contribution < 1.29 is 9.18 Å². The van der Waals surface area contributed by atoms with Crippen LogP contribution in [0.1, 0.15) is 12.0 Å². The summed E-state index contributed by atoms with van der Waals surface area (Å²) in [6, 6.07) is 5.40. The Bertz CT molecular complexity index is 439. The van der Waals surface area contributed by atoms with Crippen LogP contribution >= 0.6 is 0 Å². The lowest BCUT2D eigenvalue weighted by molar-refractivity contribution is -0.131. The molecular weight excluding hydrogens is 219 g/mol. The van der Waals surface area contributed by atoms with Gasteiger partial charge in [-0.2, -0.15) is 0 Å². The third-order valence-electron chi connectivity index (χ3n) is 2.34. The number of hydrogen-bond donors (Lipinski definition) is 1. The van der Waals surface area contributed by atoms with Crippen LogP contribution in [0.15, 0.2) is 24.3 Å². The zero-order valence-electron chi connectivity index (χ0n) is 9.69. The summed E-state index contributed by atoms with van der Waals surface area (Å²) in [6.45, 7) is 0.314. The van der Waals surface area contributed by atoms with Crippen LogP contribution in [0.25, 0.3) is 0 Å². The standard InChI is InChI=1S/C13H15FN2O/c1-3-5-12(15)13(17)16(2)9-10-6-4-7-11(14)8-10/h1,4,6-8,12H,5,9,15H2,2H3. The Balaban J connectivity index is 2.63. The first kappa shape index (κ1) is 13.2. The zero-order valence-corrected chi connectivity index (χ0v) is 9.69. The van der Waals surface area contributed by atoms with E-state index >= 15 is 0 Å². The minimum absolute atomic E-state index is 0.201. The molecule has 2 N–H and O–H groups in total. The molecule has 0 spiro atoms. The van der Waals surface area contributed by atoms with Gasteiger partial charge in [0.1, 0.15) is 5.82 Å². The predicted molar refractivity (Wildman–Crippen MR) is 64.3 cm³/mol. The molecule has 0 bridgehead atoms. The number of terminal acetylenes is 1. The van der Waals surface area contributed by atoms with E-state index in [0.717, 1.165) is 0 Å². The molecule has 0 aliphatic rings. The molecule has 1 aromatic rings. The summed E-state index contributed by atoms with van der Waals surface area (Å²) >= 11 is 0. The third-order valence-corrected chi connectivity index (χ3v) is 2.34. The topological polar surface area (TPSA) is 46.3 Å². The van der Waals surface area contributed by atoms with E-state index in [1.807, 2.05) is 0 Å². The molecule has 90 valence electrons. The Morgan fingerprint density at radius 3 is 2.94 bits per heavy atom. The highest BCUT2D eigenvalue weighted by molar-refractivity contribution is 5.81. The molecule has 1 atom stereocenters. The highest BCUT2D eigenvalue weighted by Crippen LogP contribution is 2.07. The monoisotopic (exact) mass is 234 g/mol. The maximum Gasteiger partial charge on any atom is 0.240 e. The van der Waals surface area contributed by atoms with Crippen molar-refractivity contribution in [2.75, 3.05) is 7.05 Å². The van der Waals surface area contributed by atoms with Gasteiger partial charge >= 0.3 is 0 Å². The van der Waals surface area contributed by atoms with Crippen molar-refractivity contribution in [2.45, 2.75) is 19.0 Å². The Morgan fingerprint density at radius 2 is 2.35 bits per heavy atom. The minimum Gasteiger partial charge on any atom is -0.340 e. The molecule has 17 heavy (non-hydrogen) atoms. The first-order chi connectivity index (χ1) is 8.04. The zero-order chi connectivity index (χ0) is 12.8. The maximum atomic E-state index is 12.9. The van der Waals surface area contributed by atoms with Crippen LogP contribution in [-0.2, 0) is 11.3 Å². The van der Waals surface area contributed by atoms with Gasteiger partial charge in [-0.15, -0.1) is 12.3 Å². The van der Waals surface area contributed by atoms with E-state index in [9.17, 15) is 9.18 Å². The number of rotatable bonds is 4. The molecule has 0 aromatic heterocycles. The van der Waals surface area contributed by atoms with E-state index in [4.69, 9.17) is 12.2 Å². The number of nitrogens with two attached hydrogens (primary N) is 1. The normalized spacial score (nSPS) is 11.6. The van der Waals surface area contributed by atoms with Crippen molar-refractivity contribution in [1.29, 1.82) is 0 Å². The lowest BCUT2D eigenvalue weighted by Gasteiger charge is -2.20. The fourth-order valence-electron chi connectivity index (χ4n) is 1.48. The summed E-state index contributed by atoms with van der Waals surface area (Å²) in [4.78, 5) is 13.2. The average molecular weight is 234 g/mol. The second-order valence-corrected chi connectivity index (χ2v) is 3.84. The van der Waals surface area contributed by atoms with E-state index < -0.39 is 6.04 Å². The van der Waals surface area contributed by atoms with Crippen molar-refractivity contribution in [2.24, 2.45) is 5.73 Å². The molecule has 1 amide bonds. The van der Waals surface area contributed by atoms with E-state index in [-0.39, 0.29) is 18.1 Å². The molecule has 0 saturated heterocycles. The fraction of sp³-hybridized carbons (Fsp3) is 0.308. The van der Waals surface area contributed by atoms with Crippen molar-refractivity contribution in [1.82, 2.24) is 4.90 Å². The van der Waals surface area contributed by atoms with Crippen LogP contribution in [0.2, 0.25) is 0 Å². The highest BCUT2D eigenvalue weighted by Gasteiger charge is 2.17. The number of nitrogens with zero attached hydrogens (tertiary/aromatic N) is 1. The number of carbonyl (C=O) groups excluding carboxylic acids is 1. The van der Waals surface area contributed by atoms with Gasteiger partial charge in [-0.3, -0.25) is 4.79 Å². The van der Waals surface area contributed by atoms with Gasteiger partial charge in [0.05, 0.1) is 6.04 Å². The minimum atomic E-state index is -0.696. The van der Waals surface area contributed by atoms with Crippen LogP contribution in [-0.4, -0.2) is 23.9 Å². The van der Waals surface area contributed by atoms with Crippen molar-refractivity contribution in [3.63, 3.8) is 0 Å². The van der Waals surface area contributed by atoms with Crippen LogP contribution in [0.4, 0.5) is 4.39 Å². The van der Waals surface area contributed by atoms with E-state index in [1.54, 1.807) is 19.2 Å². The Kier molecular flexibility index (Phi) is 4.68. The summed E-state index contributed by atoms with van der Waals surface area (Å²) in [5, 5.41) is 0. The number of likely N-dealkylation sites (N-methyl/N-ethyl adjacent to an activating group) is 1. The summed E-state index contributed by atoms with van der Waals surface area (Å²) < 4.78 is 12.9. The second-order valence-electron chi connectivity index (χ2n) is 3.84. The Morgan fingerprint density at radius 1 is 1.65 bits per heavy atom. The number of amides is 1. The van der Waals surface area contributed by atoms with Gasteiger partial charge in [0.25, 0.3) is 0 Å². The molecule has 1 rings (SSSR count). The SMILES string of the molecule is C#CCC(N)C(=O)N(C)Cc1cccc(F)c1. The number of hydrogen-bond acceptors (Lipinski definition) is 2. The molecule has 1 unspecified atom stereocenters. The Hall–Kier alpha value is -1.86. The predicted octanol–water partition coefficient (Wildman–Crippen LogP) is 1.13. The van der Waals surface area contributed by atoms with Crippen molar-refractivity contribution >= 4 is 5.91 Å². The molecule has 0 aliphatic heterocycles. The number of carbonyl (C=O) groups is 1. The van der Waals surface area contributed by atoms with Crippen LogP contribution in [0.5, 0.6) is 0 Å². The molecule has 0 heterocycles. The quantitative estimate of drug-likeness (QED) is 0.794. The molecule has 0 aliphatic carbocycles. The first-order valence-electron chi connectivity index (χ1n) is 5.23. The maximum absolute atomic E-state index is 12.9.